The first kappa shape index (κ1) is 14.1. The van der Waals surface area contributed by atoms with Crippen LogP contribution in [0.2, 0.25) is 5.02 Å². The molecule has 1 aromatic carbocycles. The van der Waals surface area contributed by atoms with Crippen LogP contribution in [0.4, 0.5) is 17.3 Å². The normalized spacial score (nSPS) is 10.5. The first-order valence-electron chi connectivity index (χ1n) is 5.94. The molecule has 4 nitrogen and oxygen atoms in total. The molecule has 0 fully saturated rings. The van der Waals surface area contributed by atoms with Crippen LogP contribution in [-0.2, 0) is 6.42 Å². The third-order valence-corrected chi connectivity index (χ3v) is 3.35. The minimum Gasteiger partial charge on any atom is -0.384 e. The van der Waals surface area contributed by atoms with E-state index in [1.807, 2.05) is 18.2 Å². The van der Waals surface area contributed by atoms with Gasteiger partial charge in [-0.05, 0) is 40.5 Å². The lowest BCUT2D eigenvalue weighted by Gasteiger charge is -2.10. The highest BCUT2D eigenvalue weighted by molar-refractivity contribution is 9.10. The van der Waals surface area contributed by atoms with Gasteiger partial charge in [0.1, 0.15) is 17.5 Å². The Morgan fingerprint density at radius 3 is 2.79 bits per heavy atom. The highest BCUT2D eigenvalue weighted by atomic mass is 79.9. The van der Waals surface area contributed by atoms with E-state index in [1.54, 1.807) is 6.07 Å². The van der Waals surface area contributed by atoms with Gasteiger partial charge in [0.05, 0.1) is 5.69 Å². The molecule has 1 aromatic heterocycles. The van der Waals surface area contributed by atoms with Gasteiger partial charge in [-0.3, -0.25) is 0 Å². The van der Waals surface area contributed by atoms with Crippen molar-refractivity contribution in [1.29, 1.82) is 0 Å². The molecule has 0 spiro atoms. The van der Waals surface area contributed by atoms with E-state index in [4.69, 9.17) is 17.3 Å². The Morgan fingerprint density at radius 2 is 2.11 bits per heavy atom. The quantitative estimate of drug-likeness (QED) is 0.876. The summed E-state index contributed by atoms with van der Waals surface area (Å²) in [4.78, 5) is 8.62. The number of halogens is 2. The average molecular weight is 342 g/mol. The molecule has 3 N–H and O–H groups in total. The van der Waals surface area contributed by atoms with Crippen molar-refractivity contribution < 1.29 is 0 Å². The van der Waals surface area contributed by atoms with Gasteiger partial charge in [-0.25, -0.2) is 9.97 Å². The molecule has 100 valence electrons. The van der Waals surface area contributed by atoms with Crippen LogP contribution >= 0.6 is 27.5 Å². The van der Waals surface area contributed by atoms with Gasteiger partial charge in [0.2, 0.25) is 0 Å². The zero-order chi connectivity index (χ0) is 13.8. The SMILES string of the molecule is CCCc1nc(N)cc(Nc2ccc(Cl)cc2Br)n1. The molecule has 0 aliphatic rings. The van der Waals surface area contributed by atoms with E-state index < -0.39 is 0 Å². The smallest absolute Gasteiger partial charge is 0.136 e. The average Bonchev–Trinajstić information content (AvgIpc) is 2.32. The molecule has 1 heterocycles. The Labute approximate surface area is 125 Å². The number of nitrogen functional groups attached to an aromatic ring is 1. The lowest BCUT2D eigenvalue weighted by molar-refractivity contribution is 0.839. The highest BCUT2D eigenvalue weighted by Gasteiger charge is 2.05. The largest absolute Gasteiger partial charge is 0.384 e. The lowest BCUT2D eigenvalue weighted by atomic mass is 10.3. The molecule has 0 atom stereocenters. The Kier molecular flexibility index (Phi) is 4.61. The van der Waals surface area contributed by atoms with E-state index in [-0.39, 0.29) is 0 Å². The molecule has 0 unspecified atom stereocenters. The van der Waals surface area contributed by atoms with E-state index in [0.717, 1.165) is 28.8 Å². The first-order chi connectivity index (χ1) is 9.08. The summed E-state index contributed by atoms with van der Waals surface area (Å²) in [5.41, 5.74) is 6.66. The van der Waals surface area contributed by atoms with Gasteiger partial charge in [0.25, 0.3) is 0 Å². The fraction of sp³-hybridized carbons (Fsp3) is 0.231. The van der Waals surface area contributed by atoms with Crippen molar-refractivity contribution in [3.63, 3.8) is 0 Å². The van der Waals surface area contributed by atoms with Crippen LogP contribution in [0.3, 0.4) is 0 Å². The second-order valence-corrected chi connectivity index (χ2v) is 5.38. The monoisotopic (exact) mass is 340 g/mol. The summed E-state index contributed by atoms with van der Waals surface area (Å²) >= 11 is 9.36. The number of nitrogens with zero attached hydrogens (tertiary/aromatic N) is 2. The second-order valence-electron chi connectivity index (χ2n) is 4.09. The maximum atomic E-state index is 5.91. The van der Waals surface area contributed by atoms with Crippen molar-refractivity contribution in [2.75, 3.05) is 11.1 Å². The van der Waals surface area contributed by atoms with Gasteiger partial charge >= 0.3 is 0 Å². The molecule has 2 rings (SSSR count). The number of hydrogen-bond acceptors (Lipinski definition) is 4. The molecule has 2 aromatic rings. The van der Waals surface area contributed by atoms with Crippen LogP contribution < -0.4 is 11.1 Å². The van der Waals surface area contributed by atoms with Crippen LogP contribution in [0.25, 0.3) is 0 Å². The summed E-state index contributed by atoms with van der Waals surface area (Å²) in [6, 6.07) is 7.22. The van der Waals surface area contributed by atoms with Crippen molar-refractivity contribution in [2.24, 2.45) is 0 Å². The topological polar surface area (TPSA) is 63.8 Å². The van der Waals surface area contributed by atoms with Crippen molar-refractivity contribution in [2.45, 2.75) is 19.8 Å². The van der Waals surface area contributed by atoms with Crippen molar-refractivity contribution in [1.82, 2.24) is 9.97 Å². The molecule has 0 amide bonds. The number of aromatic nitrogens is 2. The number of hydrogen-bond donors (Lipinski definition) is 2. The maximum Gasteiger partial charge on any atom is 0.136 e. The van der Waals surface area contributed by atoms with E-state index in [1.165, 1.54) is 0 Å². The molecule has 0 aliphatic heterocycles. The van der Waals surface area contributed by atoms with Gasteiger partial charge < -0.3 is 11.1 Å². The van der Waals surface area contributed by atoms with E-state index >= 15 is 0 Å². The van der Waals surface area contributed by atoms with Gasteiger partial charge in [-0.1, -0.05) is 18.5 Å². The highest BCUT2D eigenvalue weighted by Crippen LogP contribution is 2.28. The molecule has 0 radical (unpaired) electrons. The summed E-state index contributed by atoms with van der Waals surface area (Å²) in [7, 11) is 0. The second kappa shape index (κ2) is 6.21. The predicted molar refractivity (Wildman–Crippen MR) is 82.9 cm³/mol. The van der Waals surface area contributed by atoms with Crippen molar-refractivity contribution in [3.8, 4) is 0 Å². The number of anilines is 3. The third kappa shape index (κ3) is 3.81. The fourth-order valence-electron chi connectivity index (χ4n) is 1.65. The van der Waals surface area contributed by atoms with Crippen LogP contribution in [0.1, 0.15) is 19.2 Å². The first-order valence-corrected chi connectivity index (χ1v) is 7.11. The van der Waals surface area contributed by atoms with Crippen molar-refractivity contribution in [3.05, 3.63) is 39.6 Å². The van der Waals surface area contributed by atoms with Gasteiger partial charge in [0, 0.05) is 22.0 Å². The number of rotatable bonds is 4. The molecular formula is C13H14BrClN4. The molecule has 6 heteroatoms. The van der Waals surface area contributed by atoms with Crippen LogP contribution in [0.15, 0.2) is 28.7 Å². The third-order valence-electron chi connectivity index (χ3n) is 2.46. The van der Waals surface area contributed by atoms with Gasteiger partial charge in [-0.15, -0.1) is 0 Å². The number of nitrogens with one attached hydrogen (secondary N) is 1. The minimum absolute atomic E-state index is 0.464. The van der Waals surface area contributed by atoms with E-state index in [9.17, 15) is 0 Å². The zero-order valence-corrected chi connectivity index (χ0v) is 12.8. The van der Waals surface area contributed by atoms with Crippen molar-refractivity contribution >= 4 is 44.9 Å². The van der Waals surface area contributed by atoms with E-state index in [0.29, 0.717) is 16.7 Å². The van der Waals surface area contributed by atoms with Crippen LogP contribution in [0, 0.1) is 0 Å². The van der Waals surface area contributed by atoms with E-state index in [2.05, 4.69) is 38.1 Å². The standard InChI is InChI=1S/C13H14BrClN4/c1-2-3-12-18-11(16)7-13(19-12)17-10-5-4-8(15)6-9(10)14/h4-7H,2-3H2,1H3,(H3,16,17,18,19). The molecular weight excluding hydrogens is 328 g/mol. The zero-order valence-electron chi connectivity index (χ0n) is 10.5. The Hall–Kier alpha value is -1.33. The number of aryl methyl sites for hydroxylation is 1. The van der Waals surface area contributed by atoms with Crippen LogP contribution in [0.5, 0.6) is 0 Å². The van der Waals surface area contributed by atoms with Crippen LogP contribution in [-0.4, -0.2) is 9.97 Å². The predicted octanol–water partition coefficient (Wildman–Crippen LogP) is 4.17. The number of nitrogens with two attached hydrogens (primary N) is 1. The number of benzene rings is 1. The molecule has 0 aliphatic carbocycles. The van der Waals surface area contributed by atoms with Gasteiger partial charge in [0.15, 0.2) is 0 Å². The Balaban J connectivity index is 2.27. The fourth-order valence-corrected chi connectivity index (χ4v) is 2.43. The molecule has 0 bridgehead atoms. The summed E-state index contributed by atoms with van der Waals surface area (Å²) in [6.07, 6.45) is 1.79. The summed E-state index contributed by atoms with van der Waals surface area (Å²) in [5, 5.41) is 3.87. The minimum atomic E-state index is 0.464. The Morgan fingerprint density at radius 1 is 1.32 bits per heavy atom. The van der Waals surface area contributed by atoms with Gasteiger partial charge in [-0.2, -0.15) is 0 Å². The lowest BCUT2D eigenvalue weighted by Crippen LogP contribution is -2.03. The maximum absolute atomic E-state index is 5.91. The molecule has 0 saturated carbocycles. The Bertz CT molecular complexity index is 589. The molecule has 19 heavy (non-hydrogen) atoms. The molecule has 0 saturated heterocycles. The summed E-state index contributed by atoms with van der Waals surface area (Å²) in [5.74, 6) is 1.89. The summed E-state index contributed by atoms with van der Waals surface area (Å²) < 4.78 is 0.870. The summed E-state index contributed by atoms with van der Waals surface area (Å²) in [6.45, 7) is 2.08.